The molecule has 1 radical (unpaired) electrons. The van der Waals surface area contributed by atoms with Crippen LogP contribution in [0.15, 0.2) is 0 Å². The van der Waals surface area contributed by atoms with E-state index < -0.39 is 9.84 Å². The molecule has 0 fully saturated rings. The quantitative estimate of drug-likeness (QED) is 0.569. The highest BCUT2D eigenvalue weighted by Crippen LogP contribution is 1.89. The monoisotopic (exact) mass is 135 g/mol. The summed E-state index contributed by atoms with van der Waals surface area (Å²) in [6.07, 6.45) is 1.65. The summed E-state index contributed by atoms with van der Waals surface area (Å²) in [7, 11) is -2.73. The Morgan fingerprint density at radius 2 is 2.00 bits per heavy atom. The summed E-state index contributed by atoms with van der Waals surface area (Å²) in [5.74, 6) is 0.459. The van der Waals surface area contributed by atoms with Crippen LogP contribution < -0.4 is 0 Å². The van der Waals surface area contributed by atoms with Gasteiger partial charge >= 0.3 is 0 Å². The molecule has 0 unspecified atom stereocenters. The maximum absolute atomic E-state index is 10.6. The summed E-state index contributed by atoms with van der Waals surface area (Å²) in [4.78, 5) is 0. The van der Waals surface area contributed by atoms with E-state index in [1.54, 1.807) is 20.3 Å². The third kappa shape index (κ3) is 3.02. The molecule has 8 heavy (non-hydrogen) atoms. The zero-order valence-electron chi connectivity index (χ0n) is 5.22. The lowest BCUT2D eigenvalue weighted by Crippen LogP contribution is -2.07. The Morgan fingerprint density at radius 1 is 1.50 bits per heavy atom. The number of sulfone groups is 1. The largest absolute Gasteiger partial charge is 0.229 e. The smallest absolute Gasteiger partial charge is 0.150 e. The van der Waals surface area contributed by atoms with Gasteiger partial charge in [-0.15, -0.1) is 0 Å². The van der Waals surface area contributed by atoms with Crippen molar-refractivity contribution in [3.63, 3.8) is 0 Å². The minimum atomic E-state index is -2.73. The fourth-order valence-electron chi connectivity index (χ4n) is 0.372. The van der Waals surface area contributed by atoms with E-state index in [4.69, 9.17) is 0 Å². The van der Waals surface area contributed by atoms with Crippen molar-refractivity contribution in [3.05, 3.63) is 6.42 Å². The van der Waals surface area contributed by atoms with Gasteiger partial charge in [0.15, 0.2) is 0 Å². The average Bonchev–Trinajstić information content (AvgIpc) is 1.67. The zero-order chi connectivity index (χ0) is 6.62. The van der Waals surface area contributed by atoms with Gasteiger partial charge in [-0.3, -0.25) is 0 Å². The highest BCUT2D eigenvalue weighted by atomic mass is 32.2. The summed E-state index contributed by atoms with van der Waals surface area (Å²) >= 11 is 0. The van der Waals surface area contributed by atoms with E-state index in [9.17, 15) is 8.42 Å². The molecule has 0 rings (SSSR count). The Bertz CT molecular complexity index is 135. The van der Waals surface area contributed by atoms with Gasteiger partial charge in [-0.05, 0) is 6.42 Å². The van der Waals surface area contributed by atoms with Crippen LogP contribution in [0.1, 0.15) is 13.8 Å². The first-order valence-corrected chi connectivity index (χ1v) is 4.42. The van der Waals surface area contributed by atoms with Gasteiger partial charge in [-0.2, -0.15) is 0 Å². The van der Waals surface area contributed by atoms with Crippen LogP contribution in [0.4, 0.5) is 0 Å². The van der Waals surface area contributed by atoms with Crippen LogP contribution in [0.2, 0.25) is 0 Å². The average molecular weight is 135 g/mol. The number of hydrogen-bond donors (Lipinski definition) is 0. The summed E-state index contributed by atoms with van der Waals surface area (Å²) in [5, 5.41) is 0. The Labute approximate surface area is 50.8 Å². The van der Waals surface area contributed by atoms with Gasteiger partial charge in [-0.1, -0.05) is 13.8 Å². The predicted molar refractivity (Wildman–Crippen MR) is 34.3 cm³/mol. The molecule has 0 aliphatic rings. The van der Waals surface area contributed by atoms with Gasteiger partial charge in [0, 0.05) is 5.75 Å². The van der Waals surface area contributed by atoms with Crippen molar-refractivity contribution < 1.29 is 8.42 Å². The molecule has 0 N–H and O–H groups in total. The molecule has 0 aromatic heterocycles. The van der Waals surface area contributed by atoms with Crippen molar-refractivity contribution in [2.75, 3.05) is 11.5 Å². The second-order valence-electron chi connectivity index (χ2n) is 1.61. The van der Waals surface area contributed by atoms with Crippen LogP contribution >= 0.6 is 0 Å². The van der Waals surface area contributed by atoms with Crippen molar-refractivity contribution in [2.45, 2.75) is 13.8 Å². The molecule has 0 amide bonds. The molecule has 49 valence electrons. The fraction of sp³-hybridized carbons (Fsp3) is 0.800. The van der Waals surface area contributed by atoms with Gasteiger partial charge in [0.25, 0.3) is 0 Å². The van der Waals surface area contributed by atoms with Crippen molar-refractivity contribution in [1.29, 1.82) is 0 Å². The van der Waals surface area contributed by atoms with Crippen molar-refractivity contribution in [1.82, 2.24) is 0 Å². The minimum absolute atomic E-state index is 0.212. The highest BCUT2D eigenvalue weighted by Gasteiger charge is 2.02. The maximum atomic E-state index is 10.6. The Hall–Kier alpha value is -0.0500. The minimum Gasteiger partial charge on any atom is -0.229 e. The number of rotatable bonds is 3. The van der Waals surface area contributed by atoms with E-state index in [1.807, 2.05) is 0 Å². The lowest BCUT2D eigenvalue weighted by molar-refractivity contribution is 0.599. The Kier molecular flexibility index (Phi) is 3.05. The SMILES string of the molecule is C[CH]CS(=O)(=O)CC. The van der Waals surface area contributed by atoms with E-state index in [0.717, 1.165) is 0 Å². The third-order valence-corrected chi connectivity index (χ3v) is 2.58. The molecule has 0 aromatic rings. The molecule has 3 heteroatoms. The van der Waals surface area contributed by atoms with E-state index in [0.29, 0.717) is 0 Å². The summed E-state index contributed by atoms with van der Waals surface area (Å²) in [5.41, 5.74) is 0. The summed E-state index contributed by atoms with van der Waals surface area (Å²) < 4.78 is 21.1. The van der Waals surface area contributed by atoms with Crippen LogP contribution in [0, 0.1) is 6.42 Å². The lowest BCUT2D eigenvalue weighted by Gasteiger charge is -1.93. The molecule has 0 saturated carbocycles. The van der Waals surface area contributed by atoms with Gasteiger partial charge in [0.05, 0.1) is 5.75 Å². The van der Waals surface area contributed by atoms with E-state index >= 15 is 0 Å². The second kappa shape index (κ2) is 3.07. The first-order chi connectivity index (χ1) is 3.62. The fourth-order valence-corrected chi connectivity index (χ4v) is 1.12. The molecule has 0 atom stereocenters. The normalized spacial score (nSPS) is 11.8. The first kappa shape index (κ1) is 7.95. The molecule has 0 aromatic carbocycles. The highest BCUT2D eigenvalue weighted by molar-refractivity contribution is 7.91. The van der Waals surface area contributed by atoms with Crippen molar-refractivity contribution >= 4 is 9.84 Å². The maximum Gasteiger partial charge on any atom is 0.150 e. The zero-order valence-corrected chi connectivity index (χ0v) is 6.03. The molecule has 0 spiro atoms. The Morgan fingerprint density at radius 3 is 2.12 bits per heavy atom. The molecular weight excluding hydrogens is 124 g/mol. The molecule has 2 nitrogen and oxygen atoms in total. The molecular formula is C5H11O2S. The molecule has 0 saturated heterocycles. The molecule has 0 aliphatic heterocycles. The van der Waals surface area contributed by atoms with Gasteiger partial charge in [0.2, 0.25) is 0 Å². The molecule has 0 heterocycles. The summed E-state index contributed by atoms with van der Waals surface area (Å²) in [6, 6.07) is 0. The number of hydrogen-bond acceptors (Lipinski definition) is 2. The Balaban J connectivity index is 3.76. The molecule has 0 bridgehead atoms. The first-order valence-electron chi connectivity index (χ1n) is 2.60. The molecule has 0 aliphatic carbocycles. The van der Waals surface area contributed by atoms with Crippen molar-refractivity contribution in [2.24, 2.45) is 0 Å². The van der Waals surface area contributed by atoms with Gasteiger partial charge in [-0.25, -0.2) is 8.42 Å². The predicted octanol–water partition coefficient (Wildman–Crippen LogP) is 0.645. The second-order valence-corrected chi connectivity index (χ2v) is 4.00. The van der Waals surface area contributed by atoms with Crippen LogP contribution in [-0.2, 0) is 9.84 Å². The van der Waals surface area contributed by atoms with E-state index in [2.05, 4.69) is 0 Å². The van der Waals surface area contributed by atoms with E-state index in [1.165, 1.54) is 0 Å². The third-order valence-electron chi connectivity index (χ3n) is 0.860. The topological polar surface area (TPSA) is 34.1 Å². The lowest BCUT2D eigenvalue weighted by atomic mass is 10.6. The van der Waals surface area contributed by atoms with E-state index in [-0.39, 0.29) is 11.5 Å². The van der Waals surface area contributed by atoms with Gasteiger partial charge < -0.3 is 0 Å². The van der Waals surface area contributed by atoms with Crippen molar-refractivity contribution in [3.8, 4) is 0 Å². The van der Waals surface area contributed by atoms with Crippen LogP contribution in [0.3, 0.4) is 0 Å². The van der Waals surface area contributed by atoms with Crippen LogP contribution in [-0.4, -0.2) is 19.9 Å². The summed E-state index contributed by atoms with van der Waals surface area (Å²) in [6.45, 7) is 3.39. The van der Waals surface area contributed by atoms with Crippen LogP contribution in [0.25, 0.3) is 0 Å². The van der Waals surface area contributed by atoms with Crippen LogP contribution in [0.5, 0.6) is 0 Å². The standard InChI is InChI=1S/C5H11O2S/c1-3-5-8(6,7)4-2/h3H,4-5H2,1-2H3. The van der Waals surface area contributed by atoms with Gasteiger partial charge in [0.1, 0.15) is 9.84 Å².